The van der Waals surface area contributed by atoms with Gasteiger partial charge in [0, 0.05) is 29.7 Å². The fraction of sp³-hybridized carbons (Fsp3) is 0.438. The van der Waals surface area contributed by atoms with E-state index in [-0.39, 0.29) is 23.9 Å². The van der Waals surface area contributed by atoms with Crippen molar-refractivity contribution in [3.05, 3.63) is 43.9 Å². The van der Waals surface area contributed by atoms with E-state index in [2.05, 4.69) is 5.32 Å². The fourth-order valence-electron chi connectivity index (χ4n) is 3.08. The molecule has 2 aromatic rings. The van der Waals surface area contributed by atoms with Crippen molar-refractivity contribution < 1.29 is 14.0 Å². The quantitative estimate of drug-likeness (QED) is 0.855. The number of carbonyl (C=O) groups excluding carboxylic acids is 2. The first-order chi connectivity index (χ1) is 11.2. The number of imide groups is 1. The molecule has 3 heterocycles. The maximum absolute atomic E-state index is 12.8. The van der Waals surface area contributed by atoms with Crippen LogP contribution in [-0.4, -0.2) is 28.0 Å². The minimum atomic E-state index is -1.15. The minimum absolute atomic E-state index is 0.0939. The van der Waals surface area contributed by atoms with E-state index in [1.54, 1.807) is 36.8 Å². The lowest BCUT2D eigenvalue weighted by molar-refractivity contribution is -0.131. The van der Waals surface area contributed by atoms with Crippen molar-refractivity contribution in [1.29, 1.82) is 0 Å². The van der Waals surface area contributed by atoms with Gasteiger partial charge in [0.15, 0.2) is 0 Å². The van der Waals surface area contributed by atoms with Gasteiger partial charge in [0.25, 0.3) is 5.91 Å². The summed E-state index contributed by atoms with van der Waals surface area (Å²) >= 11 is 1.11. The number of hydrogen-bond donors (Lipinski definition) is 1. The van der Waals surface area contributed by atoms with E-state index in [1.165, 1.54) is 0 Å². The van der Waals surface area contributed by atoms with Crippen LogP contribution in [0.5, 0.6) is 0 Å². The second-order valence-corrected chi connectivity index (χ2v) is 6.95. The van der Waals surface area contributed by atoms with Gasteiger partial charge in [-0.25, -0.2) is 4.79 Å². The zero-order chi connectivity index (χ0) is 17.6. The van der Waals surface area contributed by atoms with Crippen LogP contribution >= 0.6 is 11.3 Å². The normalized spacial score (nSPS) is 20.8. The molecule has 8 heteroatoms. The van der Waals surface area contributed by atoms with E-state index < -0.39 is 11.6 Å². The van der Waals surface area contributed by atoms with Crippen LogP contribution in [-0.2, 0) is 16.9 Å². The molecule has 24 heavy (non-hydrogen) atoms. The number of thiazole rings is 1. The first kappa shape index (κ1) is 16.5. The molecular weight excluding hydrogens is 330 g/mol. The third kappa shape index (κ3) is 2.47. The Balaban J connectivity index is 1.84. The number of nitrogens with zero attached hydrogens (tertiary/aromatic N) is 2. The van der Waals surface area contributed by atoms with Crippen molar-refractivity contribution in [2.45, 2.75) is 39.8 Å². The Kier molecular flexibility index (Phi) is 3.87. The molecule has 1 aliphatic rings. The molecule has 1 atom stereocenters. The van der Waals surface area contributed by atoms with Gasteiger partial charge in [0.1, 0.15) is 17.1 Å². The van der Waals surface area contributed by atoms with Crippen LogP contribution in [0.15, 0.2) is 20.7 Å². The third-order valence-electron chi connectivity index (χ3n) is 4.38. The van der Waals surface area contributed by atoms with Gasteiger partial charge in [-0.15, -0.1) is 0 Å². The van der Waals surface area contributed by atoms with Crippen molar-refractivity contribution in [3.63, 3.8) is 0 Å². The molecule has 0 aliphatic carbocycles. The summed E-state index contributed by atoms with van der Waals surface area (Å²) in [5, 5.41) is 4.51. The summed E-state index contributed by atoms with van der Waals surface area (Å²) in [6, 6.07) is 1.31. The van der Waals surface area contributed by atoms with Gasteiger partial charge in [-0.05, 0) is 33.8 Å². The second kappa shape index (κ2) is 5.62. The summed E-state index contributed by atoms with van der Waals surface area (Å²) in [5.41, 5.74) is 0.332. The van der Waals surface area contributed by atoms with E-state index in [0.29, 0.717) is 17.1 Å². The van der Waals surface area contributed by atoms with Gasteiger partial charge in [0.05, 0.1) is 0 Å². The highest BCUT2D eigenvalue weighted by atomic mass is 32.1. The van der Waals surface area contributed by atoms with Crippen LogP contribution in [0.3, 0.4) is 0 Å². The van der Waals surface area contributed by atoms with Gasteiger partial charge < -0.3 is 14.3 Å². The Morgan fingerprint density at radius 2 is 1.92 bits per heavy atom. The highest BCUT2D eigenvalue weighted by molar-refractivity contribution is 7.07. The summed E-state index contributed by atoms with van der Waals surface area (Å²) in [7, 11) is 0. The highest BCUT2D eigenvalue weighted by Gasteiger charge is 2.50. The van der Waals surface area contributed by atoms with E-state index >= 15 is 0 Å². The Labute approximate surface area is 142 Å². The van der Waals surface area contributed by atoms with Gasteiger partial charge in [0.2, 0.25) is 0 Å². The molecule has 3 rings (SSSR count). The van der Waals surface area contributed by atoms with E-state index in [0.717, 1.165) is 21.9 Å². The lowest BCUT2D eigenvalue weighted by atomic mass is 9.92. The molecule has 0 saturated carbocycles. The van der Waals surface area contributed by atoms with Crippen LogP contribution in [0.1, 0.15) is 29.7 Å². The van der Waals surface area contributed by atoms with E-state index in [9.17, 15) is 14.4 Å². The van der Waals surface area contributed by atoms with Gasteiger partial charge in [-0.3, -0.25) is 14.5 Å². The summed E-state index contributed by atoms with van der Waals surface area (Å²) in [6.45, 7) is 7.49. The lowest BCUT2D eigenvalue weighted by Crippen LogP contribution is -2.41. The molecule has 1 unspecified atom stereocenters. The highest BCUT2D eigenvalue weighted by Crippen LogP contribution is 2.32. The fourth-order valence-corrected chi connectivity index (χ4v) is 3.85. The molecule has 128 valence electrons. The molecule has 1 aliphatic heterocycles. The summed E-state index contributed by atoms with van der Waals surface area (Å²) < 4.78 is 7.06. The third-order valence-corrected chi connectivity index (χ3v) is 5.26. The summed E-state index contributed by atoms with van der Waals surface area (Å²) in [6.07, 6.45) is 0. The maximum Gasteiger partial charge on any atom is 0.325 e. The molecule has 0 aromatic carbocycles. The topological polar surface area (TPSA) is 84.5 Å². The summed E-state index contributed by atoms with van der Waals surface area (Å²) in [5.74, 6) is 0.956. The van der Waals surface area contributed by atoms with Crippen molar-refractivity contribution in [2.24, 2.45) is 0 Å². The number of rotatable bonds is 4. The number of nitrogens with one attached hydrogen (secondary N) is 1. The Morgan fingerprint density at radius 3 is 2.46 bits per heavy atom. The van der Waals surface area contributed by atoms with Gasteiger partial charge in [-0.2, -0.15) is 0 Å². The van der Waals surface area contributed by atoms with Crippen molar-refractivity contribution in [1.82, 2.24) is 14.8 Å². The Hall–Kier alpha value is -2.35. The maximum atomic E-state index is 12.8. The van der Waals surface area contributed by atoms with E-state index in [4.69, 9.17) is 4.42 Å². The second-order valence-electron chi connectivity index (χ2n) is 6.13. The smallest absolute Gasteiger partial charge is 0.325 e. The first-order valence-electron chi connectivity index (χ1n) is 7.60. The molecule has 0 bridgehead atoms. The van der Waals surface area contributed by atoms with Crippen molar-refractivity contribution in [2.75, 3.05) is 6.54 Å². The van der Waals surface area contributed by atoms with Crippen LogP contribution in [0, 0.1) is 20.8 Å². The number of hydrogen-bond acceptors (Lipinski definition) is 5. The van der Waals surface area contributed by atoms with Crippen LogP contribution in [0.2, 0.25) is 0 Å². The van der Waals surface area contributed by atoms with Crippen LogP contribution < -0.4 is 10.2 Å². The van der Waals surface area contributed by atoms with Gasteiger partial charge >= 0.3 is 10.9 Å². The average Bonchev–Trinajstić information content (AvgIpc) is 3.08. The number of aryl methyl sites for hydroxylation is 3. The minimum Gasteiger partial charge on any atom is -0.466 e. The molecule has 0 radical (unpaired) electrons. The standard InChI is InChI=1S/C16H19N3O4S/c1-9-8-24-15(22)18(9)5-6-19-13(20)16(4,17-14(19)21)12-7-10(2)23-11(12)3/h7-8H,5-6H2,1-4H3,(H,17,21). The van der Waals surface area contributed by atoms with Crippen molar-refractivity contribution >= 4 is 23.3 Å². The van der Waals surface area contributed by atoms with Crippen molar-refractivity contribution in [3.8, 4) is 0 Å². The van der Waals surface area contributed by atoms with Gasteiger partial charge in [-0.1, -0.05) is 11.3 Å². The predicted octanol–water partition coefficient (Wildman–Crippen LogP) is 1.90. The Morgan fingerprint density at radius 1 is 1.21 bits per heavy atom. The molecule has 1 fully saturated rings. The molecule has 7 nitrogen and oxygen atoms in total. The number of urea groups is 1. The Bertz CT molecular complexity index is 878. The predicted molar refractivity (Wildman–Crippen MR) is 89.1 cm³/mol. The molecule has 3 amide bonds. The first-order valence-corrected chi connectivity index (χ1v) is 8.48. The number of furan rings is 1. The van der Waals surface area contributed by atoms with Crippen LogP contribution in [0.25, 0.3) is 0 Å². The largest absolute Gasteiger partial charge is 0.466 e. The SMILES string of the molecule is Cc1cc(C2(C)NC(=O)N(CCn3c(C)csc3=O)C2=O)c(C)o1. The zero-order valence-electron chi connectivity index (χ0n) is 14.0. The molecule has 1 saturated heterocycles. The molecule has 2 aromatic heterocycles. The number of aromatic nitrogens is 1. The lowest BCUT2D eigenvalue weighted by Gasteiger charge is -2.21. The molecule has 1 N–H and O–H groups in total. The zero-order valence-corrected chi connectivity index (χ0v) is 14.8. The van der Waals surface area contributed by atoms with Crippen LogP contribution in [0.4, 0.5) is 4.79 Å². The number of carbonyl (C=O) groups is 2. The molecular formula is C16H19N3O4S. The summed E-state index contributed by atoms with van der Waals surface area (Å²) in [4.78, 5) is 38.0. The molecule has 0 spiro atoms. The van der Waals surface area contributed by atoms with E-state index in [1.807, 2.05) is 6.92 Å². The average molecular weight is 349 g/mol. The number of amides is 3. The monoisotopic (exact) mass is 349 g/mol.